The zero-order chi connectivity index (χ0) is 48.1. The number of esters is 3. The van der Waals surface area contributed by atoms with E-state index in [0.717, 1.165) is 63.7 Å². The van der Waals surface area contributed by atoms with Crippen molar-refractivity contribution >= 4 is 17.9 Å². The Labute approximate surface area is 412 Å². The lowest BCUT2D eigenvalue weighted by Crippen LogP contribution is -2.30. The Hall–Kier alpha value is -1.59. The molecule has 0 aromatic rings. The fraction of sp³-hybridized carbons (Fsp3) is 0.950. The number of rotatable bonds is 55. The van der Waals surface area contributed by atoms with E-state index in [4.69, 9.17) is 14.2 Å². The third-order valence-corrected chi connectivity index (χ3v) is 13.8. The molecule has 6 nitrogen and oxygen atoms in total. The summed E-state index contributed by atoms with van der Waals surface area (Å²) in [5.74, 6) is 0.0201. The van der Waals surface area contributed by atoms with Gasteiger partial charge in [-0.15, -0.1) is 0 Å². The van der Waals surface area contributed by atoms with Crippen LogP contribution in [0.1, 0.15) is 342 Å². The topological polar surface area (TPSA) is 78.9 Å². The molecular formula is C60H116O6. The molecule has 0 aliphatic heterocycles. The van der Waals surface area contributed by atoms with Crippen LogP contribution in [0.3, 0.4) is 0 Å². The van der Waals surface area contributed by atoms with Crippen LogP contribution in [0, 0.1) is 5.92 Å². The Morgan fingerprint density at radius 2 is 0.500 bits per heavy atom. The first kappa shape index (κ1) is 64.4. The molecule has 0 spiro atoms. The summed E-state index contributed by atoms with van der Waals surface area (Å²) in [5.41, 5.74) is 0. The Bertz CT molecular complexity index is 996. The smallest absolute Gasteiger partial charge is 0.306 e. The van der Waals surface area contributed by atoms with E-state index in [-0.39, 0.29) is 31.1 Å². The van der Waals surface area contributed by atoms with Gasteiger partial charge in [0.2, 0.25) is 0 Å². The summed E-state index contributed by atoms with van der Waals surface area (Å²) in [5, 5.41) is 0. The minimum atomic E-state index is -0.762. The van der Waals surface area contributed by atoms with Gasteiger partial charge in [-0.1, -0.05) is 304 Å². The standard InChI is InChI=1S/C60H116O6/c1-5-7-9-11-13-15-17-19-20-21-26-29-33-37-41-45-49-53-60(63)66-57(54-64-58(61)51-47-43-39-35-31-18-16-14-12-10-8-6-2)55-65-59(62)52-48-44-40-36-32-28-25-23-22-24-27-30-34-38-42-46-50-56(3)4/h56-57H,5-55H2,1-4H3/t57-/m0/s1. The number of hydrogen-bond donors (Lipinski definition) is 0. The van der Waals surface area contributed by atoms with Gasteiger partial charge in [-0.25, -0.2) is 0 Å². The first-order chi connectivity index (χ1) is 32.4. The highest BCUT2D eigenvalue weighted by Crippen LogP contribution is 2.18. The van der Waals surface area contributed by atoms with Gasteiger partial charge in [0.1, 0.15) is 13.2 Å². The van der Waals surface area contributed by atoms with Crippen molar-refractivity contribution in [3.63, 3.8) is 0 Å². The van der Waals surface area contributed by atoms with Crippen LogP contribution in [0.5, 0.6) is 0 Å². The molecular weight excluding hydrogens is 817 g/mol. The fourth-order valence-electron chi connectivity index (χ4n) is 9.28. The van der Waals surface area contributed by atoms with E-state index >= 15 is 0 Å². The van der Waals surface area contributed by atoms with Gasteiger partial charge in [0.25, 0.3) is 0 Å². The fourth-order valence-corrected chi connectivity index (χ4v) is 9.28. The molecule has 0 rings (SSSR count). The van der Waals surface area contributed by atoms with Crippen molar-refractivity contribution < 1.29 is 28.6 Å². The van der Waals surface area contributed by atoms with Crippen LogP contribution in [0.25, 0.3) is 0 Å². The van der Waals surface area contributed by atoms with E-state index in [2.05, 4.69) is 27.7 Å². The number of carbonyl (C=O) groups excluding carboxylic acids is 3. The minimum absolute atomic E-state index is 0.0616. The highest BCUT2D eigenvalue weighted by Gasteiger charge is 2.19. The first-order valence-corrected chi connectivity index (χ1v) is 29.9. The molecule has 6 heteroatoms. The average Bonchev–Trinajstić information content (AvgIpc) is 3.30. The molecule has 0 fully saturated rings. The highest BCUT2D eigenvalue weighted by molar-refractivity contribution is 5.71. The van der Waals surface area contributed by atoms with Gasteiger partial charge in [-0.2, -0.15) is 0 Å². The second kappa shape index (κ2) is 54.4. The molecule has 66 heavy (non-hydrogen) atoms. The monoisotopic (exact) mass is 933 g/mol. The Balaban J connectivity index is 4.26. The molecule has 0 aliphatic carbocycles. The number of hydrogen-bond acceptors (Lipinski definition) is 6. The molecule has 0 heterocycles. The summed E-state index contributed by atoms with van der Waals surface area (Å²) in [6.07, 6.45) is 59.5. The Kier molecular flexibility index (Phi) is 53.0. The van der Waals surface area contributed by atoms with E-state index in [1.165, 1.54) is 238 Å². The predicted octanol–water partition coefficient (Wildman–Crippen LogP) is 19.8. The lowest BCUT2D eigenvalue weighted by Gasteiger charge is -2.18. The summed E-state index contributed by atoms with van der Waals surface area (Å²) >= 11 is 0. The molecule has 1 atom stereocenters. The molecule has 392 valence electrons. The van der Waals surface area contributed by atoms with E-state index in [1.54, 1.807) is 0 Å². The Morgan fingerprint density at radius 3 is 0.742 bits per heavy atom. The normalized spacial score (nSPS) is 12.0. The van der Waals surface area contributed by atoms with Crippen LogP contribution < -0.4 is 0 Å². The van der Waals surface area contributed by atoms with E-state index in [9.17, 15) is 14.4 Å². The van der Waals surface area contributed by atoms with Gasteiger partial charge in [-0.3, -0.25) is 14.4 Å². The quantitative estimate of drug-likeness (QED) is 0.0343. The largest absolute Gasteiger partial charge is 0.462 e. The molecule has 0 amide bonds. The van der Waals surface area contributed by atoms with Crippen molar-refractivity contribution in [1.29, 1.82) is 0 Å². The van der Waals surface area contributed by atoms with Gasteiger partial charge < -0.3 is 14.2 Å². The second-order valence-corrected chi connectivity index (χ2v) is 21.1. The lowest BCUT2D eigenvalue weighted by molar-refractivity contribution is -0.167. The van der Waals surface area contributed by atoms with Gasteiger partial charge in [0.15, 0.2) is 6.10 Å². The van der Waals surface area contributed by atoms with Gasteiger partial charge in [-0.05, 0) is 25.2 Å². The van der Waals surface area contributed by atoms with Crippen molar-refractivity contribution in [3.05, 3.63) is 0 Å². The van der Waals surface area contributed by atoms with Gasteiger partial charge in [0.05, 0.1) is 0 Å². The maximum atomic E-state index is 12.9. The van der Waals surface area contributed by atoms with Crippen LogP contribution in [-0.4, -0.2) is 37.2 Å². The van der Waals surface area contributed by atoms with E-state index in [1.807, 2.05) is 0 Å². The highest BCUT2D eigenvalue weighted by atomic mass is 16.6. The van der Waals surface area contributed by atoms with Gasteiger partial charge >= 0.3 is 17.9 Å². The molecule has 0 bridgehead atoms. The molecule has 0 aromatic carbocycles. The average molecular weight is 934 g/mol. The van der Waals surface area contributed by atoms with E-state index < -0.39 is 6.10 Å². The molecule has 0 N–H and O–H groups in total. The van der Waals surface area contributed by atoms with Crippen LogP contribution in [0.4, 0.5) is 0 Å². The van der Waals surface area contributed by atoms with Crippen LogP contribution in [-0.2, 0) is 28.6 Å². The molecule has 0 radical (unpaired) electrons. The van der Waals surface area contributed by atoms with Gasteiger partial charge in [0, 0.05) is 19.3 Å². The van der Waals surface area contributed by atoms with Crippen molar-refractivity contribution in [2.45, 2.75) is 348 Å². The maximum absolute atomic E-state index is 12.9. The maximum Gasteiger partial charge on any atom is 0.306 e. The Morgan fingerprint density at radius 1 is 0.288 bits per heavy atom. The SMILES string of the molecule is CCCCCCCCCCCCCCCCCCCC(=O)O[C@@H](COC(=O)CCCCCCCCCCCCCC)COC(=O)CCCCCCCCCCCCCCCCCCC(C)C. The minimum Gasteiger partial charge on any atom is -0.462 e. The van der Waals surface area contributed by atoms with Crippen molar-refractivity contribution in [2.75, 3.05) is 13.2 Å². The zero-order valence-electron chi connectivity index (χ0n) is 45.2. The van der Waals surface area contributed by atoms with Crippen LogP contribution in [0.15, 0.2) is 0 Å². The zero-order valence-corrected chi connectivity index (χ0v) is 45.2. The molecule has 0 saturated carbocycles. The molecule has 0 aromatic heterocycles. The van der Waals surface area contributed by atoms with Crippen molar-refractivity contribution in [3.8, 4) is 0 Å². The third kappa shape index (κ3) is 53.4. The number of ether oxygens (including phenoxy) is 3. The van der Waals surface area contributed by atoms with E-state index in [0.29, 0.717) is 19.3 Å². The first-order valence-electron chi connectivity index (χ1n) is 29.9. The lowest BCUT2D eigenvalue weighted by atomic mass is 10.0. The van der Waals surface area contributed by atoms with Crippen molar-refractivity contribution in [2.24, 2.45) is 5.92 Å². The van der Waals surface area contributed by atoms with Crippen LogP contribution >= 0.6 is 0 Å². The summed E-state index contributed by atoms with van der Waals surface area (Å²) in [6.45, 7) is 9.08. The van der Waals surface area contributed by atoms with Crippen molar-refractivity contribution in [1.82, 2.24) is 0 Å². The molecule has 0 saturated heterocycles. The summed E-state index contributed by atoms with van der Waals surface area (Å²) < 4.78 is 16.9. The molecule has 0 unspecified atom stereocenters. The number of unbranched alkanes of at least 4 members (excludes halogenated alkanes) is 42. The number of carbonyl (C=O) groups is 3. The van der Waals surface area contributed by atoms with Crippen LogP contribution in [0.2, 0.25) is 0 Å². The summed E-state index contributed by atoms with van der Waals surface area (Å²) in [4.78, 5) is 38.2. The summed E-state index contributed by atoms with van der Waals surface area (Å²) in [7, 11) is 0. The third-order valence-electron chi connectivity index (χ3n) is 13.8. The molecule has 0 aliphatic rings. The summed E-state index contributed by atoms with van der Waals surface area (Å²) in [6, 6.07) is 0. The predicted molar refractivity (Wildman–Crippen MR) is 284 cm³/mol. The second-order valence-electron chi connectivity index (χ2n) is 21.1.